The van der Waals surface area contributed by atoms with Crippen molar-refractivity contribution in [3.05, 3.63) is 75.8 Å². The molecule has 0 aliphatic carbocycles. The number of ether oxygens (including phenoxy) is 1. The SMILES string of the molecule is COc1ccc2nc(/C=C3\SC(=S)N(C(C)c4ccccc4)C3=O)cc(Cl)c2c1. The number of nitrogens with zero attached hydrogens (tertiary/aromatic N) is 2. The largest absolute Gasteiger partial charge is 0.497 e. The van der Waals surface area contributed by atoms with Crippen molar-refractivity contribution >= 4 is 62.8 Å². The number of hydrogen-bond acceptors (Lipinski definition) is 5. The summed E-state index contributed by atoms with van der Waals surface area (Å²) >= 11 is 13.2. The molecule has 1 fully saturated rings. The predicted molar refractivity (Wildman–Crippen MR) is 123 cm³/mol. The summed E-state index contributed by atoms with van der Waals surface area (Å²) in [7, 11) is 1.61. The number of thioether (sulfide) groups is 1. The molecule has 0 bridgehead atoms. The van der Waals surface area contributed by atoms with E-state index in [0.29, 0.717) is 25.7 Å². The second-order valence-corrected chi connectivity index (χ2v) is 8.63. The molecule has 2 heterocycles. The minimum absolute atomic E-state index is 0.121. The lowest BCUT2D eigenvalue weighted by atomic mass is 10.1. The molecule has 1 saturated heterocycles. The van der Waals surface area contributed by atoms with Gasteiger partial charge in [0.2, 0.25) is 0 Å². The second kappa shape index (κ2) is 8.14. The summed E-state index contributed by atoms with van der Waals surface area (Å²) in [6.45, 7) is 1.97. The Morgan fingerprint density at radius 1 is 1.21 bits per heavy atom. The Kier molecular flexibility index (Phi) is 5.58. The average molecular weight is 441 g/mol. The van der Waals surface area contributed by atoms with E-state index in [0.717, 1.165) is 16.5 Å². The number of carbonyl (C=O) groups is 1. The van der Waals surface area contributed by atoms with Gasteiger partial charge in [-0.25, -0.2) is 4.98 Å². The van der Waals surface area contributed by atoms with Crippen LogP contribution in [0.15, 0.2) is 59.5 Å². The third-order valence-corrected chi connectivity index (χ3v) is 6.40. The number of carbonyl (C=O) groups excluding carboxylic acids is 1. The Hall–Kier alpha value is -2.41. The third-order valence-electron chi connectivity index (χ3n) is 4.76. The van der Waals surface area contributed by atoms with E-state index in [4.69, 9.17) is 28.6 Å². The Bertz CT molecular complexity index is 1150. The van der Waals surface area contributed by atoms with Gasteiger partial charge in [-0.15, -0.1) is 0 Å². The molecular formula is C22H17ClN2O2S2. The molecule has 2 aromatic carbocycles. The van der Waals surface area contributed by atoms with Crippen LogP contribution in [-0.4, -0.2) is 27.2 Å². The van der Waals surface area contributed by atoms with Gasteiger partial charge in [0, 0.05) is 5.39 Å². The van der Waals surface area contributed by atoms with Gasteiger partial charge in [-0.1, -0.05) is 65.9 Å². The Balaban J connectivity index is 1.67. The predicted octanol–water partition coefficient (Wildman–Crippen LogP) is 5.86. The van der Waals surface area contributed by atoms with Gasteiger partial charge in [0.05, 0.1) is 34.3 Å². The zero-order chi connectivity index (χ0) is 20.5. The topological polar surface area (TPSA) is 42.4 Å². The van der Waals surface area contributed by atoms with Crippen LogP contribution >= 0.6 is 35.6 Å². The Labute approximate surface area is 183 Å². The van der Waals surface area contributed by atoms with Crippen molar-refractivity contribution in [2.45, 2.75) is 13.0 Å². The van der Waals surface area contributed by atoms with E-state index >= 15 is 0 Å². The number of methoxy groups -OCH3 is 1. The summed E-state index contributed by atoms with van der Waals surface area (Å²) in [5.74, 6) is 0.592. The number of fused-ring (bicyclic) bond motifs is 1. The van der Waals surface area contributed by atoms with Gasteiger partial charge in [-0.3, -0.25) is 9.69 Å². The molecule has 3 aromatic rings. The van der Waals surface area contributed by atoms with E-state index in [1.165, 1.54) is 11.8 Å². The summed E-state index contributed by atoms with van der Waals surface area (Å²) in [6, 6.07) is 17.0. The standard InChI is InChI=1S/C22H17ClN2O2S2/c1-13(14-6-4-3-5-7-14)25-21(26)20(29-22(25)28)11-15-10-18(23)17-12-16(27-2)8-9-19(17)24-15/h3-13H,1-2H3/b20-11-. The number of pyridine rings is 1. The molecule has 1 aromatic heterocycles. The molecule has 4 nitrogen and oxygen atoms in total. The van der Waals surface area contributed by atoms with E-state index in [1.54, 1.807) is 24.2 Å². The van der Waals surface area contributed by atoms with Crippen molar-refractivity contribution in [3.8, 4) is 5.75 Å². The van der Waals surface area contributed by atoms with Crippen molar-refractivity contribution in [1.29, 1.82) is 0 Å². The van der Waals surface area contributed by atoms with Crippen LogP contribution < -0.4 is 4.74 Å². The maximum absolute atomic E-state index is 13.0. The lowest BCUT2D eigenvalue weighted by Gasteiger charge is -2.23. The molecule has 29 heavy (non-hydrogen) atoms. The first-order chi connectivity index (χ1) is 14.0. The molecular weight excluding hydrogens is 424 g/mol. The second-order valence-electron chi connectivity index (χ2n) is 6.55. The lowest BCUT2D eigenvalue weighted by molar-refractivity contribution is -0.123. The monoisotopic (exact) mass is 440 g/mol. The van der Waals surface area contributed by atoms with Crippen LogP contribution in [0.25, 0.3) is 17.0 Å². The molecule has 7 heteroatoms. The fourth-order valence-corrected chi connectivity index (χ4v) is 4.88. The third kappa shape index (κ3) is 3.88. The van der Waals surface area contributed by atoms with Crippen molar-refractivity contribution in [3.63, 3.8) is 0 Å². The number of halogens is 1. The molecule has 1 aliphatic rings. The fraction of sp³-hybridized carbons (Fsp3) is 0.136. The highest BCUT2D eigenvalue weighted by molar-refractivity contribution is 8.26. The Morgan fingerprint density at radius 2 is 1.97 bits per heavy atom. The number of aromatic nitrogens is 1. The molecule has 0 N–H and O–H groups in total. The zero-order valence-electron chi connectivity index (χ0n) is 15.8. The number of benzene rings is 2. The van der Waals surface area contributed by atoms with Crippen LogP contribution in [0.4, 0.5) is 0 Å². The van der Waals surface area contributed by atoms with Crippen molar-refractivity contribution in [2.75, 3.05) is 7.11 Å². The van der Waals surface area contributed by atoms with E-state index in [-0.39, 0.29) is 11.9 Å². The van der Waals surface area contributed by atoms with E-state index in [1.807, 2.05) is 55.5 Å². The quantitative estimate of drug-likeness (QED) is 0.375. The first-order valence-electron chi connectivity index (χ1n) is 8.94. The molecule has 0 radical (unpaired) electrons. The van der Waals surface area contributed by atoms with Crippen LogP contribution in [-0.2, 0) is 4.79 Å². The van der Waals surface area contributed by atoms with Crippen LogP contribution in [0.3, 0.4) is 0 Å². The van der Waals surface area contributed by atoms with E-state index in [9.17, 15) is 4.79 Å². The highest BCUT2D eigenvalue weighted by Crippen LogP contribution is 2.38. The van der Waals surface area contributed by atoms with E-state index in [2.05, 4.69) is 4.98 Å². The van der Waals surface area contributed by atoms with Gasteiger partial charge in [-0.2, -0.15) is 0 Å². The van der Waals surface area contributed by atoms with E-state index < -0.39 is 0 Å². The van der Waals surface area contributed by atoms with Crippen molar-refractivity contribution in [2.24, 2.45) is 0 Å². The Morgan fingerprint density at radius 3 is 2.69 bits per heavy atom. The van der Waals surface area contributed by atoms with Gasteiger partial charge < -0.3 is 4.74 Å². The molecule has 146 valence electrons. The molecule has 0 spiro atoms. The summed E-state index contributed by atoms with van der Waals surface area (Å²) in [5, 5.41) is 1.35. The van der Waals surface area contributed by atoms with Crippen LogP contribution in [0.5, 0.6) is 5.75 Å². The minimum atomic E-state index is -0.143. The highest BCUT2D eigenvalue weighted by Gasteiger charge is 2.36. The normalized spacial score (nSPS) is 16.7. The first-order valence-corrected chi connectivity index (χ1v) is 10.5. The molecule has 1 atom stereocenters. The smallest absolute Gasteiger partial charge is 0.266 e. The van der Waals surface area contributed by atoms with Gasteiger partial charge in [0.1, 0.15) is 10.1 Å². The van der Waals surface area contributed by atoms with Crippen LogP contribution in [0.2, 0.25) is 5.02 Å². The van der Waals surface area contributed by atoms with Gasteiger partial charge in [0.15, 0.2) is 0 Å². The van der Waals surface area contributed by atoms with Crippen LogP contribution in [0.1, 0.15) is 24.2 Å². The highest BCUT2D eigenvalue weighted by atomic mass is 35.5. The zero-order valence-corrected chi connectivity index (χ0v) is 18.1. The maximum atomic E-state index is 13.0. The molecule has 1 aliphatic heterocycles. The summed E-state index contributed by atoms with van der Waals surface area (Å²) < 4.78 is 5.78. The number of rotatable bonds is 4. The summed E-state index contributed by atoms with van der Waals surface area (Å²) in [4.78, 5) is 19.8. The summed E-state index contributed by atoms with van der Waals surface area (Å²) in [5.41, 5.74) is 2.38. The number of hydrogen-bond donors (Lipinski definition) is 0. The van der Waals surface area contributed by atoms with Crippen LogP contribution in [0, 0.1) is 0 Å². The average Bonchev–Trinajstić information content (AvgIpc) is 3.01. The number of thiocarbonyl (C=S) groups is 1. The van der Waals surface area contributed by atoms with Gasteiger partial charge in [0.25, 0.3) is 5.91 Å². The molecule has 4 rings (SSSR count). The molecule has 1 unspecified atom stereocenters. The number of amides is 1. The maximum Gasteiger partial charge on any atom is 0.266 e. The van der Waals surface area contributed by atoms with Crippen molar-refractivity contribution < 1.29 is 9.53 Å². The van der Waals surface area contributed by atoms with Gasteiger partial charge >= 0.3 is 0 Å². The fourth-order valence-electron chi connectivity index (χ4n) is 3.21. The van der Waals surface area contributed by atoms with Crippen molar-refractivity contribution in [1.82, 2.24) is 9.88 Å². The summed E-state index contributed by atoms with van der Waals surface area (Å²) in [6.07, 6.45) is 1.74. The minimum Gasteiger partial charge on any atom is -0.497 e. The molecule has 0 saturated carbocycles. The first kappa shape index (κ1) is 19.9. The lowest BCUT2D eigenvalue weighted by Crippen LogP contribution is -2.30. The van der Waals surface area contributed by atoms with Gasteiger partial charge in [-0.05, 0) is 42.8 Å². The molecule has 1 amide bonds.